The standard InChI is InChI=1S/I88/c1-46(2)48(5)50(7)52(9)54(11)56(13)58(15)60(17)62(19)64(21)66(23)68(25)70(27)72(29)74(31)76(33)78(35)80(37)82(39)84(41)86(43)88(45)87(44)85(42)83(40)81(38)79(36)77(34)75(32)73(30)71(28)69(26)67(24)65(22)63(20)61(18)59(16)57(14)55(12)53(10)51(8)49(6)47(3)4. The van der Waals surface area contributed by atoms with Crippen molar-refractivity contribution in [1.29, 1.82) is 0 Å². The van der Waals surface area contributed by atoms with E-state index in [4.69, 9.17) is 0 Å². The van der Waals surface area contributed by atoms with Gasteiger partial charge in [-0.3, -0.25) is 0 Å². The fourth-order valence-electron chi connectivity index (χ4n) is 1.27. The van der Waals surface area contributed by atoms with Gasteiger partial charge in [0, 0.05) is 0 Å². The minimum absolute atomic E-state index is 0.487. The molecule has 0 saturated carbocycles. The average Bonchev–Trinajstić information content (AvgIpc) is 2.68. The molecule has 0 fully saturated rings. The summed E-state index contributed by atoms with van der Waals surface area (Å²) in [6.45, 7) is 0. The Hall–Kier alpha value is 64.2. The summed E-state index contributed by atoms with van der Waals surface area (Å²) in [5.41, 5.74) is 0. The van der Waals surface area contributed by atoms with Crippen molar-refractivity contribution >= 4 is 1180 Å². The van der Waals surface area contributed by atoms with Gasteiger partial charge in [0.15, 0.2) is 0 Å². The Morgan fingerprint density at radius 2 is 0.0909 bits per heavy atom. The molecule has 0 aliphatic heterocycles. The first kappa shape index (κ1) is 152. The van der Waals surface area contributed by atoms with Crippen LogP contribution >= 0.6 is 1180 Å². The normalized spacial score (nSPS) is 19.1. The molecule has 0 aromatic carbocycles. The van der Waals surface area contributed by atoms with Crippen molar-refractivity contribution in [1.82, 2.24) is 0 Å². The second-order valence-corrected chi connectivity index (χ2v) is 2100. The molecule has 0 aliphatic rings. The van der Waals surface area contributed by atoms with E-state index < -0.39 is 339 Å². The fourth-order valence-corrected chi connectivity index (χ4v) is 17200. The molecule has 0 rings (SSSR count). The summed E-state index contributed by atoms with van der Waals surface area (Å²) in [6.07, 6.45) is 0. The van der Waals surface area contributed by atoms with E-state index in [1.807, 2.05) is 0 Å². The summed E-state index contributed by atoms with van der Waals surface area (Å²) >= 11 is 152. The van der Waals surface area contributed by atoms with Gasteiger partial charge in [-0.2, -0.15) is 0 Å². The second-order valence-electron chi connectivity index (χ2n) is 6.97. The fraction of sp³-hybridized carbons (Fsp3) is 0. The van der Waals surface area contributed by atoms with Crippen LogP contribution in [0.4, 0.5) is 0 Å². The van der Waals surface area contributed by atoms with Crippen LogP contribution in [-0.2, 0) is 0 Å². The Morgan fingerprint density at radius 1 is 0.0568 bits per heavy atom. The van der Waals surface area contributed by atoms with Crippen molar-refractivity contribution in [3.05, 3.63) is 0 Å². The molecule has 0 unspecified atom stereocenters. The first-order valence-electron chi connectivity index (χ1n) is 12.4. The number of hydrogen-bond donors (Lipinski definition) is 0. The van der Waals surface area contributed by atoms with E-state index in [9.17, 15) is 0 Å². The Labute approximate surface area is 1110 Å². The summed E-state index contributed by atoms with van der Waals surface area (Å²) in [7, 11) is -25.8. The van der Waals surface area contributed by atoms with Crippen LogP contribution in [-0.4, -0.2) is 0 Å². The Kier molecular flexibility index (Phi) is 158. The third-order valence-corrected chi connectivity index (χ3v) is 6940. The molecular weight excluding hydrogens is 11200 g/mol. The van der Waals surface area contributed by atoms with E-state index in [1.54, 1.807) is 0 Å². The molecule has 0 aliphatic carbocycles. The van der Waals surface area contributed by atoms with Gasteiger partial charge in [-0.25, -0.2) is 0 Å². The summed E-state index contributed by atoms with van der Waals surface area (Å²) < 4.78 is 0. The number of hydrogen-bond acceptors (Lipinski definition) is 0. The number of halogens is 88. The van der Waals surface area contributed by atoms with E-state index in [2.05, 4.69) is 838 Å². The molecule has 616 valence electrons. The molecule has 0 aromatic heterocycles. The van der Waals surface area contributed by atoms with Gasteiger partial charge in [-0.05, 0) is 0 Å². The summed E-state index contributed by atoms with van der Waals surface area (Å²) in [5.74, 6) is 0. The van der Waals surface area contributed by atoms with Gasteiger partial charge in [0.1, 0.15) is 0 Å². The van der Waals surface area contributed by atoms with Crippen LogP contribution in [0, 0.1) is 0 Å². The second kappa shape index (κ2) is 91.4. The first-order chi connectivity index (χ1) is 40.0. The molecule has 0 heterocycles. The molecule has 0 spiro atoms. The number of rotatable bonds is 42. The summed E-state index contributed by atoms with van der Waals surface area (Å²) in [4.78, 5) is 0. The van der Waals surface area contributed by atoms with Crippen LogP contribution in [0.2, 0.25) is 0 Å². The van der Waals surface area contributed by atoms with Crippen LogP contribution in [0.25, 0.3) is 0 Å². The first-order valence-corrected chi connectivity index (χ1v) is 559. The van der Waals surface area contributed by atoms with Crippen molar-refractivity contribution in [2.75, 3.05) is 0 Å². The van der Waals surface area contributed by atoms with Crippen LogP contribution in [0.1, 0.15) is 0 Å². The van der Waals surface area contributed by atoms with E-state index in [0.29, 0.717) is 0 Å². The molecule has 0 bridgehead atoms. The van der Waals surface area contributed by atoms with Crippen molar-refractivity contribution in [3.63, 3.8) is 0 Å². The Morgan fingerprint density at radius 3 is 0.125 bits per heavy atom. The maximum absolute atomic E-state index is 3.47. The summed E-state index contributed by atoms with van der Waals surface area (Å²) in [5, 5.41) is 0. The van der Waals surface area contributed by atoms with Gasteiger partial charge in [0.05, 0.1) is 0 Å². The topological polar surface area (TPSA) is 0 Å². The van der Waals surface area contributed by atoms with Crippen molar-refractivity contribution < 1.29 is 0 Å². The molecule has 0 nitrogen and oxygen atoms in total. The van der Waals surface area contributed by atoms with E-state index in [1.165, 1.54) is 0 Å². The zero-order valence-electron chi connectivity index (χ0n) is 33.3. The zero-order chi connectivity index (χ0) is 69.8. The van der Waals surface area contributed by atoms with Crippen molar-refractivity contribution in [2.24, 2.45) is 0 Å². The quantitative estimate of drug-likeness (QED) is 0.0535. The van der Waals surface area contributed by atoms with Crippen LogP contribution in [0.15, 0.2) is 0 Å². The molecule has 0 radical (unpaired) electrons. The monoisotopic (exact) mass is 11200 g/mol. The van der Waals surface area contributed by atoms with Gasteiger partial charge >= 0.3 is 1180 Å². The average molecular weight is 11200 g/mol. The molecule has 88 heteroatoms. The predicted octanol–water partition coefficient (Wildman–Crippen LogP) is 77.9. The Balaban J connectivity index is 5.85. The van der Waals surface area contributed by atoms with E-state index in [-0.39, 0.29) is 0 Å². The van der Waals surface area contributed by atoms with E-state index in [0.717, 1.165) is 0 Å². The molecule has 0 N–H and O–H groups in total. The SMILES string of the molecule is II(I)I(I)I(I)I(I)I(I)I(I)I(I)I(I)I(I)I(I)I(I)I(I)I(I)I(I)I(I)I(I)I(I)I(I)I(I)I(I)I(I)I(I)I(I)I(I)I(I)I(I)I(I)I(I)I(I)I(I)I(I)I(I)I(I)I(I)I(I)I(I)I(I)I(I)I(I)I(I)I(I)I(I)I(I)I. The Bertz CT molecular complexity index is 1680. The van der Waals surface area contributed by atoms with Crippen molar-refractivity contribution in [2.45, 2.75) is 0 Å². The van der Waals surface area contributed by atoms with Gasteiger partial charge in [0.25, 0.3) is 0 Å². The van der Waals surface area contributed by atoms with Crippen LogP contribution in [0.3, 0.4) is 0 Å². The van der Waals surface area contributed by atoms with E-state index >= 15 is 0 Å². The van der Waals surface area contributed by atoms with Gasteiger partial charge in [-0.15, -0.1) is 0 Å². The van der Waals surface area contributed by atoms with Gasteiger partial charge in [0.2, 0.25) is 0 Å². The molecule has 0 amide bonds. The third kappa shape index (κ3) is 62.0. The molecule has 0 atom stereocenters. The molecule has 0 aromatic rings. The minimum atomic E-state index is -0.648. The summed E-state index contributed by atoms with van der Waals surface area (Å²) in [6, 6.07) is 0. The van der Waals surface area contributed by atoms with Crippen LogP contribution in [0.5, 0.6) is 0 Å². The van der Waals surface area contributed by atoms with Gasteiger partial charge < -0.3 is 0 Å². The van der Waals surface area contributed by atoms with Gasteiger partial charge in [-0.1, -0.05) is 0 Å². The van der Waals surface area contributed by atoms with Crippen LogP contribution < -0.4 is 0 Å². The predicted molar refractivity (Wildman–Crippen MR) is 1230 cm³/mol. The third-order valence-electron chi connectivity index (χ3n) is 3.43. The van der Waals surface area contributed by atoms with Crippen molar-refractivity contribution in [3.8, 4) is 0 Å². The zero-order valence-corrected chi connectivity index (χ0v) is 223. The molecular formula is I88. The molecule has 0 saturated heterocycles. The molecule has 88 heavy (non-hydrogen) atoms. The maximum atomic E-state index is 3.47.